The summed E-state index contributed by atoms with van der Waals surface area (Å²) >= 11 is 0. The normalized spacial score (nSPS) is 10.3. The lowest BCUT2D eigenvalue weighted by molar-refractivity contribution is -0.118. The molecule has 4 heteroatoms. The van der Waals surface area contributed by atoms with E-state index in [0.717, 1.165) is 23.2 Å². The molecule has 0 atom stereocenters. The van der Waals surface area contributed by atoms with Gasteiger partial charge in [0.05, 0.1) is 6.61 Å². The van der Waals surface area contributed by atoms with Gasteiger partial charge >= 0.3 is 0 Å². The molecular weight excluding hydrogens is 278 g/mol. The number of aryl methyl sites for hydroxylation is 2. The molecule has 0 aliphatic rings. The van der Waals surface area contributed by atoms with E-state index >= 15 is 0 Å². The second-order valence-electron chi connectivity index (χ2n) is 5.07. The first-order chi connectivity index (χ1) is 10.7. The highest BCUT2D eigenvalue weighted by molar-refractivity contribution is 5.93. The van der Waals surface area contributed by atoms with Crippen LogP contribution in [0.15, 0.2) is 42.5 Å². The molecule has 0 aliphatic carbocycles. The molecule has 2 aromatic rings. The van der Waals surface area contributed by atoms with E-state index in [4.69, 9.17) is 4.74 Å². The third-order valence-corrected chi connectivity index (χ3v) is 3.51. The second-order valence-corrected chi connectivity index (χ2v) is 5.07. The monoisotopic (exact) mass is 299 g/mol. The first-order valence-corrected chi connectivity index (χ1v) is 7.35. The minimum absolute atomic E-state index is 0.0888. The Morgan fingerprint density at radius 1 is 1.14 bits per heavy atom. The van der Waals surface area contributed by atoms with Gasteiger partial charge in [-0.25, -0.2) is 0 Å². The summed E-state index contributed by atoms with van der Waals surface area (Å²) < 4.78 is 5.50. The number of anilines is 1. The van der Waals surface area contributed by atoms with Gasteiger partial charge in [-0.3, -0.25) is 4.79 Å². The van der Waals surface area contributed by atoms with Gasteiger partial charge in [-0.05, 0) is 30.5 Å². The van der Waals surface area contributed by atoms with Crippen molar-refractivity contribution in [1.29, 1.82) is 0 Å². The summed E-state index contributed by atoms with van der Waals surface area (Å²) in [7, 11) is 0. The van der Waals surface area contributed by atoms with Crippen LogP contribution >= 0.6 is 0 Å². The summed E-state index contributed by atoms with van der Waals surface area (Å²) in [6.45, 7) is 3.82. The Balaban J connectivity index is 2.02. The molecule has 0 aromatic heterocycles. The number of para-hydroxylation sites is 2. The molecule has 0 fully saturated rings. The topological polar surface area (TPSA) is 58.6 Å². The third kappa shape index (κ3) is 3.86. The molecule has 0 spiro atoms. The molecule has 2 rings (SSSR count). The van der Waals surface area contributed by atoms with Crippen LogP contribution in [0.1, 0.15) is 23.6 Å². The number of benzene rings is 2. The van der Waals surface area contributed by atoms with Crippen molar-refractivity contribution in [3.63, 3.8) is 0 Å². The van der Waals surface area contributed by atoms with Crippen molar-refractivity contribution < 1.29 is 14.6 Å². The molecule has 116 valence electrons. The van der Waals surface area contributed by atoms with Gasteiger partial charge in [0.2, 0.25) is 0 Å². The largest absolute Gasteiger partial charge is 0.483 e. The second kappa shape index (κ2) is 7.61. The number of hydrogen-bond donors (Lipinski definition) is 2. The van der Waals surface area contributed by atoms with Crippen molar-refractivity contribution in [2.24, 2.45) is 0 Å². The predicted molar refractivity (Wildman–Crippen MR) is 87.0 cm³/mol. The van der Waals surface area contributed by atoms with E-state index in [1.54, 1.807) is 12.1 Å². The van der Waals surface area contributed by atoms with Crippen LogP contribution in [0.3, 0.4) is 0 Å². The Kier molecular flexibility index (Phi) is 5.55. The van der Waals surface area contributed by atoms with Crippen LogP contribution in [0.4, 0.5) is 5.69 Å². The number of carbonyl (C=O) groups excluding carboxylic acids is 1. The molecule has 22 heavy (non-hydrogen) atoms. The zero-order chi connectivity index (χ0) is 15.9. The highest BCUT2D eigenvalue weighted by Crippen LogP contribution is 2.21. The lowest BCUT2D eigenvalue weighted by Gasteiger charge is -2.14. The Labute approximate surface area is 130 Å². The van der Waals surface area contributed by atoms with Crippen molar-refractivity contribution in [3.05, 3.63) is 59.2 Å². The van der Waals surface area contributed by atoms with E-state index in [-0.39, 0.29) is 19.1 Å². The highest BCUT2D eigenvalue weighted by Gasteiger charge is 2.10. The minimum atomic E-state index is -0.211. The number of ether oxygens (including phenoxy) is 1. The number of nitrogens with one attached hydrogen (secondary N) is 1. The summed E-state index contributed by atoms with van der Waals surface area (Å²) in [5.74, 6) is 0.317. The van der Waals surface area contributed by atoms with E-state index in [1.807, 2.05) is 37.3 Å². The first-order valence-electron chi connectivity index (χ1n) is 7.35. The average molecular weight is 299 g/mol. The molecule has 0 saturated carbocycles. The average Bonchev–Trinajstić information content (AvgIpc) is 2.55. The molecule has 0 saturated heterocycles. The Hall–Kier alpha value is -2.33. The summed E-state index contributed by atoms with van der Waals surface area (Å²) in [5.41, 5.74) is 3.65. The predicted octanol–water partition coefficient (Wildman–Crippen LogP) is 3.07. The van der Waals surface area contributed by atoms with Crippen LogP contribution < -0.4 is 10.1 Å². The third-order valence-electron chi connectivity index (χ3n) is 3.51. The van der Waals surface area contributed by atoms with E-state index in [9.17, 15) is 9.90 Å². The fourth-order valence-electron chi connectivity index (χ4n) is 2.30. The number of rotatable bonds is 6. The summed E-state index contributed by atoms with van der Waals surface area (Å²) in [6.07, 6.45) is 0.853. The lowest BCUT2D eigenvalue weighted by Crippen LogP contribution is -2.21. The molecule has 2 aromatic carbocycles. The molecule has 0 unspecified atom stereocenters. The maximum absolute atomic E-state index is 12.1. The lowest BCUT2D eigenvalue weighted by atomic mass is 10.1. The molecule has 4 nitrogen and oxygen atoms in total. The van der Waals surface area contributed by atoms with Gasteiger partial charge in [-0.15, -0.1) is 0 Å². The standard InChI is InChI=1S/C18H21NO3/c1-3-14-9-6-7-13(2)18(14)19-17(21)12-22-16-10-5-4-8-15(16)11-20/h4-10,20H,3,11-12H2,1-2H3,(H,19,21). The van der Waals surface area contributed by atoms with Gasteiger partial charge in [0.15, 0.2) is 6.61 Å². The van der Waals surface area contributed by atoms with Crippen molar-refractivity contribution in [2.75, 3.05) is 11.9 Å². The van der Waals surface area contributed by atoms with E-state index in [0.29, 0.717) is 11.3 Å². The SMILES string of the molecule is CCc1cccc(C)c1NC(=O)COc1ccccc1CO. The summed E-state index contributed by atoms with van der Waals surface area (Å²) in [4.78, 5) is 12.1. The Morgan fingerprint density at radius 2 is 1.86 bits per heavy atom. The van der Waals surface area contributed by atoms with Gasteiger partial charge in [0, 0.05) is 11.3 Å². The minimum Gasteiger partial charge on any atom is -0.483 e. The Morgan fingerprint density at radius 3 is 2.59 bits per heavy atom. The van der Waals surface area contributed by atoms with Crippen LogP contribution in [0.25, 0.3) is 0 Å². The van der Waals surface area contributed by atoms with Crippen LogP contribution in [-0.2, 0) is 17.8 Å². The number of hydrogen-bond acceptors (Lipinski definition) is 3. The molecule has 2 N–H and O–H groups in total. The van der Waals surface area contributed by atoms with Crippen LogP contribution in [0.5, 0.6) is 5.75 Å². The maximum Gasteiger partial charge on any atom is 0.262 e. The van der Waals surface area contributed by atoms with E-state index < -0.39 is 0 Å². The van der Waals surface area contributed by atoms with Gasteiger partial charge in [-0.1, -0.05) is 43.3 Å². The number of amides is 1. The molecule has 0 heterocycles. The van der Waals surface area contributed by atoms with E-state index in [2.05, 4.69) is 12.2 Å². The molecule has 1 amide bonds. The highest BCUT2D eigenvalue weighted by atomic mass is 16.5. The Bertz CT molecular complexity index is 653. The quantitative estimate of drug-likeness (QED) is 0.862. The number of aliphatic hydroxyl groups is 1. The molecular formula is C18H21NO3. The van der Waals surface area contributed by atoms with Crippen molar-refractivity contribution in [3.8, 4) is 5.75 Å². The van der Waals surface area contributed by atoms with Gasteiger partial charge in [-0.2, -0.15) is 0 Å². The van der Waals surface area contributed by atoms with Gasteiger partial charge in [0.1, 0.15) is 5.75 Å². The summed E-state index contributed by atoms with van der Waals surface area (Å²) in [6, 6.07) is 13.1. The van der Waals surface area contributed by atoms with Crippen molar-refractivity contribution in [2.45, 2.75) is 26.9 Å². The zero-order valence-electron chi connectivity index (χ0n) is 12.9. The van der Waals surface area contributed by atoms with E-state index in [1.165, 1.54) is 0 Å². The number of carbonyl (C=O) groups is 1. The fraction of sp³-hybridized carbons (Fsp3) is 0.278. The van der Waals surface area contributed by atoms with Crippen molar-refractivity contribution >= 4 is 11.6 Å². The van der Waals surface area contributed by atoms with Gasteiger partial charge in [0.25, 0.3) is 5.91 Å². The maximum atomic E-state index is 12.1. The summed E-state index contributed by atoms with van der Waals surface area (Å²) in [5, 5.41) is 12.2. The molecule has 0 aliphatic heterocycles. The van der Waals surface area contributed by atoms with Crippen LogP contribution in [0.2, 0.25) is 0 Å². The number of aliphatic hydroxyl groups excluding tert-OH is 1. The molecule has 0 radical (unpaired) electrons. The van der Waals surface area contributed by atoms with Gasteiger partial charge < -0.3 is 15.2 Å². The smallest absolute Gasteiger partial charge is 0.262 e. The fourth-order valence-corrected chi connectivity index (χ4v) is 2.30. The van der Waals surface area contributed by atoms with Crippen molar-refractivity contribution in [1.82, 2.24) is 0 Å². The van der Waals surface area contributed by atoms with Crippen LogP contribution in [0, 0.1) is 6.92 Å². The molecule has 0 bridgehead atoms. The van der Waals surface area contributed by atoms with Crippen LogP contribution in [-0.4, -0.2) is 17.6 Å². The zero-order valence-corrected chi connectivity index (χ0v) is 12.9. The first kappa shape index (κ1) is 16.0.